The predicted octanol–water partition coefficient (Wildman–Crippen LogP) is 2.57. The second kappa shape index (κ2) is 8.33. The fraction of sp³-hybridized carbons (Fsp3) is 0.400. The maximum Gasteiger partial charge on any atom is 0.241 e. The van der Waals surface area contributed by atoms with Crippen LogP contribution in [0.3, 0.4) is 0 Å². The van der Waals surface area contributed by atoms with Gasteiger partial charge in [-0.1, -0.05) is 18.2 Å². The van der Waals surface area contributed by atoms with Crippen molar-refractivity contribution >= 4 is 49.1 Å². The van der Waals surface area contributed by atoms with Gasteiger partial charge in [0.05, 0.1) is 6.54 Å². The molecule has 1 aromatic rings. The van der Waals surface area contributed by atoms with Crippen LogP contribution in [0.2, 0.25) is 5.02 Å². The minimum atomic E-state index is -3.43. The molecule has 1 aromatic carbocycles. The first kappa shape index (κ1) is 19.2. The summed E-state index contributed by atoms with van der Waals surface area (Å²) in [5.74, 6) is -0.0260. The molecule has 9 heteroatoms. The van der Waals surface area contributed by atoms with Crippen LogP contribution in [0, 0.1) is 0 Å². The number of nitrogens with one attached hydrogen (secondary N) is 2. The number of hydrogen-bond acceptors (Lipinski definition) is 4. The van der Waals surface area contributed by atoms with E-state index in [0.29, 0.717) is 31.0 Å². The molecule has 0 spiro atoms. The van der Waals surface area contributed by atoms with Gasteiger partial charge < -0.3 is 10.2 Å². The van der Waals surface area contributed by atoms with E-state index in [2.05, 4.69) is 32.5 Å². The lowest BCUT2D eigenvalue weighted by molar-refractivity contribution is -0.130. The molecule has 132 valence electrons. The highest BCUT2D eigenvalue weighted by Gasteiger charge is 2.24. The zero-order valence-electron chi connectivity index (χ0n) is 13.0. The zero-order valence-corrected chi connectivity index (χ0v) is 16.1. The summed E-state index contributed by atoms with van der Waals surface area (Å²) >= 11 is 9.27. The van der Waals surface area contributed by atoms with Crippen LogP contribution in [-0.4, -0.2) is 44.9 Å². The standard InChI is InChI=1S/C15H19BrClN3O3S/c1-2-24(22,23)19-12-5-7-20(8-6-12)15(21)10-18-14-4-3-11(17)9-13(14)16/h2-4,9,12,18-19H,1,5-8,10H2. The number of amides is 1. The molecular formula is C15H19BrClN3O3S. The topological polar surface area (TPSA) is 78.5 Å². The number of piperidine rings is 1. The highest BCUT2D eigenvalue weighted by molar-refractivity contribution is 9.10. The molecule has 1 saturated heterocycles. The summed E-state index contributed by atoms with van der Waals surface area (Å²) in [5, 5.41) is 4.59. The van der Waals surface area contributed by atoms with Crippen LogP contribution in [0.4, 0.5) is 5.69 Å². The molecule has 6 nitrogen and oxygen atoms in total. The van der Waals surface area contributed by atoms with E-state index in [4.69, 9.17) is 11.6 Å². The summed E-state index contributed by atoms with van der Waals surface area (Å²) in [6.07, 6.45) is 1.17. The molecule has 0 aliphatic carbocycles. The molecule has 1 amide bonds. The molecule has 1 aliphatic heterocycles. The fourth-order valence-corrected chi connectivity index (χ4v) is 4.06. The Bertz CT molecular complexity index is 719. The van der Waals surface area contributed by atoms with E-state index in [1.54, 1.807) is 23.1 Å². The maximum absolute atomic E-state index is 12.3. The quantitative estimate of drug-likeness (QED) is 0.718. The fourth-order valence-electron chi connectivity index (χ4n) is 2.44. The van der Waals surface area contributed by atoms with E-state index in [1.807, 2.05) is 0 Å². The van der Waals surface area contributed by atoms with Crippen molar-refractivity contribution in [2.24, 2.45) is 0 Å². The Hall–Kier alpha value is -1.09. The van der Waals surface area contributed by atoms with E-state index in [0.717, 1.165) is 15.6 Å². The molecular weight excluding hydrogens is 418 g/mol. The number of halogens is 2. The van der Waals surface area contributed by atoms with Gasteiger partial charge in [0.25, 0.3) is 0 Å². The van der Waals surface area contributed by atoms with E-state index >= 15 is 0 Å². The third-order valence-corrected chi connectivity index (χ3v) is 5.75. The lowest BCUT2D eigenvalue weighted by Crippen LogP contribution is -2.47. The van der Waals surface area contributed by atoms with Crippen molar-refractivity contribution < 1.29 is 13.2 Å². The van der Waals surface area contributed by atoms with Gasteiger partial charge in [-0.05, 0) is 47.0 Å². The predicted molar refractivity (Wildman–Crippen MR) is 99.5 cm³/mol. The van der Waals surface area contributed by atoms with Gasteiger partial charge in [0.2, 0.25) is 15.9 Å². The van der Waals surface area contributed by atoms with E-state index in [1.165, 1.54) is 0 Å². The Kier molecular flexibility index (Phi) is 6.68. The molecule has 1 aliphatic rings. The summed E-state index contributed by atoms with van der Waals surface area (Å²) < 4.78 is 26.3. The highest BCUT2D eigenvalue weighted by atomic mass is 79.9. The van der Waals surface area contributed by atoms with Gasteiger partial charge in [0.1, 0.15) is 0 Å². The molecule has 2 rings (SSSR count). The van der Waals surface area contributed by atoms with Crippen molar-refractivity contribution in [2.45, 2.75) is 18.9 Å². The first-order valence-corrected chi connectivity index (χ1v) is 10.1. The summed E-state index contributed by atoms with van der Waals surface area (Å²) in [6.45, 7) is 4.48. The molecule has 0 aromatic heterocycles. The first-order chi connectivity index (χ1) is 11.3. The van der Waals surface area contributed by atoms with Gasteiger partial charge in [-0.15, -0.1) is 0 Å². The number of hydrogen-bond donors (Lipinski definition) is 2. The van der Waals surface area contributed by atoms with Gasteiger partial charge in [0.15, 0.2) is 0 Å². The number of carbonyl (C=O) groups is 1. The normalized spacial score (nSPS) is 16.0. The van der Waals surface area contributed by atoms with Crippen LogP contribution in [-0.2, 0) is 14.8 Å². The number of carbonyl (C=O) groups excluding carboxylic acids is 1. The van der Waals surface area contributed by atoms with Gasteiger partial charge in [0, 0.05) is 39.7 Å². The molecule has 1 fully saturated rings. The minimum Gasteiger partial charge on any atom is -0.375 e. The van der Waals surface area contributed by atoms with Crippen LogP contribution >= 0.6 is 27.5 Å². The summed E-state index contributed by atoms with van der Waals surface area (Å²) in [4.78, 5) is 14.0. The van der Waals surface area contributed by atoms with Crippen LogP contribution in [0.5, 0.6) is 0 Å². The average Bonchev–Trinajstić information content (AvgIpc) is 2.54. The SMILES string of the molecule is C=CS(=O)(=O)NC1CCN(C(=O)CNc2ccc(Cl)cc2Br)CC1. The lowest BCUT2D eigenvalue weighted by Gasteiger charge is -2.32. The largest absolute Gasteiger partial charge is 0.375 e. The molecule has 0 atom stereocenters. The lowest BCUT2D eigenvalue weighted by atomic mass is 10.1. The average molecular weight is 437 g/mol. The number of anilines is 1. The van der Waals surface area contributed by atoms with Gasteiger partial charge in [-0.2, -0.15) is 0 Å². The van der Waals surface area contributed by atoms with Gasteiger partial charge >= 0.3 is 0 Å². The van der Waals surface area contributed by atoms with Crippen molar-refractivity contribution in [2.75, 3.05) is 25.0 Å². The van der Waals surface area contributed by atoms with Gasteiger partial charge in [-0.25, -0.2) is 13.1 Å². The third-order valence-electron chi connectivity index (χ3n) is 3.76. The number of nitrogens with zero attached hydrogens (tertiary/aromatic N) is 1. The Morgan fingerprint density at radius 1 is 1.42 bits per heavy atom. The van der Waals surface area contributed by atoms with Crippen molar-refractivity contribution in [3.63, 3.8) is 0 Å². The van der Waals surface area contributed by atoms with Crippen LogP contribution < -0.4 is 10.0 Å². The monoisotopic (exact) mass is 435 g/mol. The van der Waals surface area contributed by atoms with Crippen LogP contribution in [0.25, 0.3) is 0 Å². The molecule has 0 unspecified atom stereocenters. The molecule has 0 bridgehead atoms. The van der Waals surface area contributed by atoms with Gasteiger partial charge in [-0.3, -0.25) is 4.79 Å². The Balaban J connectivity index is 1.81. The van der Waals surface area contributed by atoms with E-state index in [-0.39, 0.29) is 18.5 Å². The molecule has 24 heavy (non-hydrogen) atoms. The zero-order chi connectivity index (χ0) is 17.7. The molecule has 0 radical (unpaired) electrons. The van der Waals surface area contributed by atoms with Crippen LogP contribution in [0.15, 0.2) is 34.7 Å². The van der Waals surface area contributed by atoms with Crippen molar-refractivity contribution in [1.82, 2.24) is 9.62 Å². The molecule has 1 heterocycles. The van der Waals surface area contributed by atoms with E-state index in [9.17, 15) is 13.2 Å². The number of sulfonamides is 1. The summed E-state index contributed by atoms with van der Waals surface area (Å²) in [5.41, 5.74) is 0.793. The number of likely N-dealkylation sites (tertiary alicyclic amines) is 1. The van der Waals surface area contributed by atoms with Crippen molar-refractivity contribution in [3.05, 3.63) is 39.7 Å². The second-order valence-corrected chi connectivity index (χ2v) is 8.41. The Morgan fingerprint density at radius 3 is 2.67 bits per heavy atom. The number of rotatable bonds is 6. The third kappa shape index (κ3) is 5.47. The summed E-state index contributed by atoms with van der Waals surface area (Å²) in [7, 11) is -3.43. The Morgan fingerprint density at radius 2 is 2.08 bits per heavy atom. The van der Waals surface area contributed by atoms with Crippen molar-refractivity contribution in [1.29, 1.82) is 0 Å². The Labute approximate surface area is 155 Å². The van der Waals surface area contributed by atoms with Crippen molar-refractivity contribution in [3.8, 4) is 0 Å². The van der Waals surface area contributed by atoms with E-state index < -0.39 is 10.0 Å². The second-order valence-electron chi connectivity index (χ2n) is 5.46. The molecule has 2 N–H and O–H groups in total. The van der Waals surface area contributed by atoms with Crippen LogP contribution in [0.1, 0.15) is 12.8 Å². The highest BCUT2D eigenvalue weighted by Crippen LogP contribution is 2.25. The smallest absolute Gasteiger partial charge is 0.241 e. The first-order valence-electron chi connectivity index (χ1n) is 7.42. The summed E-state index contributed by atoms with van der Waals surface area (Å²) in [6, 6.07) is 5.15. The molecule has 0 saturated carbocycles. The maximum atomic E-state index is 12.3. The number of benzene rings is 1. The minimum absolute atomic E-state index is 0.0260.